The molecule has 0 saturated carbocycles. The molecule has 34 heavy (non-hydrogen) atoms. The molecule has 4 nitrogen and oxygen atoms in total. The zero-order valence-electron chi connectivity index (χ0n) is 19.7. The molecule has 2 aromatic rings. The number of carbonyl (C=O) groups is 1. The highest BCUT2D eigenvalue weighted by molar-refractivity contribution is 6.42. The summed E-state index contributed by atoms with van der Waals surface area (Å²) in [6.45, 7) is 6.77. The molecule has 0 bridgehead atoms. The third-order valence-corrected chi connectivity index (χ3v) is 8.05. The Hall–Kier alpha value is -1.01. The lowest BCUT2D eigenvalue weighted by Crippen LogP contribution is -2.62. The maximum atomic E-state index is 13.4. The molecule has 3 rings (SSSR count). The van der Waals surface area contributed by atoms with E-state index in [0.717, 1.165) is 49.9 Å². The molecule has 1 aliphatic heterocycles. The average Bonchev–Trinajstić information content (AvgIpc) is 2.81. The van der Waals surface area contributed by atoms with E-state index in [1.54, 1.807) is 12.1 Å². The number of unbranched alkanes of at least 4 members (excludes halogenated alkanes) is 1. The predicted molar refractivity (Wildman–Crippen MR) is 144 cm³/mol. The fourth-order valence-electron chi connectivity index (χ4n) is 4.56. The van der Waals surface area contributed by atoms with Gasteiger partial charge in [0, 0.05) is 31.7 Å². The SMILES string of the molecule is CCCC[C@H]1CN(CCc2ccc(Cl)c(Cl)c2)[C@H](C)CN1C(=O)C(N)Cc1ccc(Cl)c(Cl)c1. The number of nitrogens with two attached hydrogens (primary N) is 1. The van der Waals surface area contributed by atoms with Crippen molar-refractivity contribution >= 4 is 52.3 Å². The molecule has 0 radical (unpaired) electrons. The van der Waals surface area contributed by atoms with Crippen LogP contribution in [0.15, 0.2) is 36.4 Å². The second kappa shape index (κ2) is 12.8. The molecule has 1 amide bonds. The molecule has 1 heterocycles. The summed E-state index contributed by atoms with van der Waals surface area (Å²) in [5.41, 5.74) is 8.47. The molecule has 1 unspecified atom stereocenters. The highest BCUT2D eigenvalue weighted by Crippen LogP contribution is 2.26. The Kier molecular flexibility index (Phi) is 10.4. The minimum Gasteiger partial charge on any atom is -0.336 e. The first-order valence-corrected chi connectivity index (χ1v) is 13.4. The van der Waals surface area contributed by atoms with E-state index >= 15 is 0 Å². The molecule has 1 fully saturated rings. The van der Waals surface area contributed by atoms with Crippen LogP contribution in [0.25, 0.3) is 0 Å². The lowest BCUT2D eigenvalue weighted by atomic mass is 9.98. The van der Waals surface area contributed by atoms with Gasteiger partial charge >= 0.3 is 0 Å². The fourth-order valence-corrected chi connectivity index (χ4v) is 5.20. The van der Waals surface area contributed by atoms with E-state index in [4.69, 9.17) is 52.1 Å². The van der Waals surface area contributed by atoms with Gasteiger partial charge in [-0.1, -0.05) is 78.3 Å². The van der Waals surface area contributed by atoms with Crippen molar-refractivity contribution in [2.75, 3.05) is 19.6 Å². The van der Waals surface area contributed by atoms with E-state index in [-0.39, 0.29) is 18.0 Å². The van der Waals surface area contributed by atoms with Crippen LogP contribution in [0, 0.1) is 0 Å². The molecule has 0 aromatic heterocycles. The normalized spacial score (nSPS) is 19.9. The smallest absolute Gasteiger partial charge is 0.240 e. The van der Waals surface area contributed by atoms with E-state index in [1.807, 2.05) is 29.2 Å². The molecule has 1 saturated heterocycles. The van der Waals surface area contributed by atoms with Crippen LogP contribution in [0.3, 0.4) is 0 Å². The molecule has 8 heteroatoms. The van der Waals surface area contributed by atoms with Crippen LogP contribution in [0.2, 0.25) is 20.1 Å². The first kappa shape index (κ1) is 27.6. The number of hydrogen-bond acceptors (Lipinski definition) is 3. The molecular formula is C26H33Cl4N3O. The Morgan fingerprint density at radius 2 is 1.62 bits per heavy atom. The highest BCUT2D eigenvalue weighted by atomic mass is 35.5. The summed E-state index contributed by atoms with van der Waals surface area (Å²) in [4.78, 5) is 17.9. The number of nitrogens with zero attached hydrogens (tertiary/aromatic N) is 2. The van der Waals surface area contributed by atoms with Gasteiger partial charge in [-0.15, -0.1) is 0 Å². The molecular weight excluding hydrogens is 512 g/mol. The summed E-state index contributed by atoms with van der Waals surface area (Å²) >= 11 is 24.4. The first-order valence-electron chi connectivity index (χ1n) is 11.9. The number of piperazine rings is 1. The van der Waals surface area contributed by atoms with Crippen molar-refractivity contribution in [2.24, 2.45) is 5.73 Å². The zero-order valence-corrected chi connectivity index (χ0v) is 22.8. The van der Waals surface area contributed by atoms with Gasteiger partial charge in [0.1, 0.15) is 0 Å². The third-order valence-electron chi connectivity index (χ3n) is 6.57. The van der Waals surface area contributed by atoms with Crippen LogP contribution >= 0.6 is 46.4 Å². The van der Waals surface area contributed by atoms with Crippen LogP contribution in [0.4, 0.5) is 0 Å². The second-order valence-electron chi connectivity index (χ2n) is 9.19. The number of rotatable bonds is 9. The predicted octanol–water partition coefficient (Wildman–Crippen LogP) is 6.50. The van der Waals surface area contributed by atoms with E-state index < -0.39 is 6.04 Å². The molecule has 0 aliphatic carbocycles. The maximum Gasteiger partial charge on any atom is 0.240 e. The van der Waals surface area contributed by atoms with Crippen molar-refractivity contribution in [1.29, 1.82) is 0 Å². The zero-order chi connectivity index (χ0) is 24.8. The number of benzene rings is 2. The van der Waals surface area contributed by atoms with E-state index in [2.05, 4.69) is 18.7 Å². The maximum absolute atomic E-state index is 13.4. The van der Waals surface area contributed by atoms with Crippen molar-refractivity contribution < 1.29 is 4.79 Å². The van der Waals surface area contributed by atoms with Crippen molar-refractivity contribution in [1.82, 2.24) is 9.80 Å². The first-order chi connectivity index (χ1) is 16.2. The molecule has 0 spiro atoms. The van der Waals surface area contributed by atoms with E-state index in [9.17, 15) is 4.79 Å². The number of carbonyl (C=O) groups excluding carboxylic acids is 1. The van der Waals surface area contributed by atoms with Crippen molar-refractivity contribution in [3.05, 3.63) is 67.6 Å². The van der Waals surface area contributed by atoms with Gasteiger partial charge in [0.05, 0.1) is 26.1 Å². The Labute approximate surface area is 223 Å². The summed E-state index contributed by atoms with van der Waals surface area (Å²) in [6.07, 6.45) is 4.45. The van der Waals surface area contributed by atoms with Crippen LogP contribution in [-0.4, -0.2) is 53.5 Å². The van der Waals surface area contributed by atoms with Gasteiger partial charge in [-0.05, 0) is 61.6 Å². The minimum absolute atomic E-state index is 0.00292. The summed E-state index contributed by atoms with van der Waals surface area (Å²) in [5, 5.41) is 2.13. The Morgan fingerprint density at radius 3 is 2.24 bits per heavy atom. The van der Waals surface area contributed by atoms with E-state index in [1.165, 1.54) is 0 Å². The summed E-state index contributed by atoms with van der Waals surface area (Å²) < 4.78 is 0. The van der Waals surface area contributed by atoms with Crippen LogP contribution < -0.4 is 5.73 Å². The molecule has 3 atom stereocenters. The summed E-state index contributed by atoms with van der Waals surface area (Å²) in [7, 11) is 0. The number of halogens is 4. The standard InChI is InChI=1S/C26H33Cl4N3O/c1-3-4-5-20-16-32(11-10-18-6-8-21(27)23(29)12-18)17(2)15-33(20)26(34)25(31)14-19-7-9-22(28)24(30)13-19/h6-9,12-13,17,20,25H,3-5,10-11,14-16,31H2,1-2H3/t17-,20+,25?/m1/s1. The highest BCUT2D eigenvalue weighted by Gasteiger charge is 2.35. The van der Waals surface area contributed by atoms with Crippen molar-refractivity contribution in [3.8, 4) is 0 Å². The molecule has 1 aliphatic rings. The van der Waals surface area contributed by atoms with E-state index in [0.29, 0.717) is 33.1 Å². The molecule has 2 aromatic carbocycles. The van der Waals surface area contributed by atoms with Gasteiger partial charge in [-0.2, -0.15) is 0 Å². The lowest BCUT2D eigenvalue weighted by Gasteiger charge is -2.46. The van der Waals surface area contributed by atoms with Gasteiger partial charge in [0.15, 0.2) is 0 Å². The number of hydrogen-bond donors (Lipinski definition) is 1. The topological polar surface area (TPSA) is 49.6 Å². The average molecular weight is 545 g/mol. The van der Waals surface area contributed by atoms with Crippen LogP contribution in [0.5, 0.6) is 0 Å². The molecule has 2 N–H and O–H groups in total. The molecule has 186 valence electrons. The Balaban J connectivity index is 1.66. The van der Waals surface area contributed by atoms with Crippen LogP contribution in [0.1, 0.15) is 44.2 Å². The van der Waals surface area contributed by atoms with Crippen LogP contribution in [-0.2, 0) is 17.6 Å². The quantitative estimate of drug-likeness (QED) is 0.391. The van der Waals surface area contributed by atoms with Gasteiger partial charge in [0.2, 0.25) is 5.91 Å². The van der Waals surface area contributed by atoms with Crippen molar-refractivity contribution in [2.45, 2.75) is 64.1 Å². The fraction of sp³-hybridized carbons (Fsp3) is 0.500. The van der Waals surface area contributed by atoms with Gasteiger partial charge in [-0.25, -0.2) is 0 Å². The Morgan fingerprint density at radius 1 is 1.00 bits per heavy atom. The summed E-state index contributed by atoms with van der Waals surface area (Å²) in [6, 6.07) is 11.0. The van der Waals surface area contributed by atoms with Gasteiger partial charge in [0.25, 0.3) is 0 Å². The minimum atomic E-state index is -0.615. The third kappa shape index (κ3) is 7.25. The van der Waals surface area contributed by atoms with Crippen molar-refractivity contribution in [3.63, 3.8) is 0 Å². The largest absolute Gasteiger partial charge is 0.336 e. The second-order valence-corrected chi connectivity index (χ2v) is 10.8. The van der Waals surface area contributed by atoms with Gasteiger partial charge in [-0.3, -0.25) is 9.69 Å². The lowest BCUT2D eigenvalue weighted by molar-refractivity contribution is -0.139. The number of amides is 1. The summed E-state index contributed by atoms with van der Waals surface area (Å²) in [5.74, 6) is 0.00292. The monoisotopic (exact) mass is 543 g/mol. The van der Waals surface area contributed by atoms with Gasteiger partial charge < -0.3 is 10.6 Å². The Bertz CT molecular complexity index is 987.